The minimum absolute atomic E-state index is 0.0759. The molecule has 174 valence electrons. The Morgan fingerprint density at radius 1 is 1.09 bits per heavy atom. The maximum atomic E-state index is 12.5. The highest BCUT2D eigenvalue weighted by Gasteiger charge is 2.30. The Balaban J connectivity index is 1.58. The van der Waals surface area contributed by atoms with Crippen LogP contribution < -0.4 is 10.6 Å². The Morgan fingerprint density at radius 2 is 1.67 bits per heavy atom. The summed E-state index contributed by atoms with van der Waals surface area (Å²) in [5.74, 6) is -1.42. The van der Waals surface area contributed by atoms with Crippen molar-refractivity contribution in [2.75, 3.05) is 13.2 Å². The molecule has 3 N–H and O–H groups in total. The van der Waals surface area contributed by atoms with Crippen LogP contribution in [-0.4, -0.2) is 42.3 Å². The zero-order valence-electron chi connectivity index (χ0n) is 19.0. The third kappa shape index (κ3) is 5.61. The van der Waals surface area contributed by atoms with Gasteiger partial charge in [0.25, 0.3) is 0 Å². The third-order valence-electron chi connectivity index (χ3n) is 5.98. The van der Waals surface area contributed by atoms with E-state index in [1.807, 2.05) is 36.4 Å². The molecule has 0 spiro atoms. The van der Waals surface area contributed by atoms with Gasteiger partial charge in [-0.25, -0.2) is 4.79 Å². The zero-order valence-corrected chi connectivity index (χ0v) is 19.0. The van der Waals surface area contributed by atoms with Gasteiger partial charge in [0.05, 0.1) is 5.41 Å². The lowest BCUT2D eigenvalue weighted by atomic mass is 9.89. The number of ether oxygens (including phenoxy) is 1. The molecule has 0 saturated heterocycles. The number of aliphatic carboxylic acids is 1. The lowest BCUT2D eigenvalue weighted by Crippen LogP contribution is -2.47. The number of benzene rings is 2. The van der Waals surface area contributed by atoms with E-state index in [1.54, 1.807) is 13.8 Å². The predicted molar refractivity (Wildman–Crippen MR) is 126 cm³/mol. The molecule has 33 heavy (non-hydrogen) atoms. The summed E-state index contributed by atoms with van der Waals surface area (Å²) < 4.78 is 5.51. The molecule has 7 heteroatoms. The maximum Gasteiger partial charge on any atom is 0.407 e. The van der Waals surface area contributed by atoms with Crippen LogP contribution in [0.1, 0.15) is 43.7 Å². The summed E-state index contributed by atoms with van der Waals surface area (Å²) in [7, 11) is 0. The van der Waals surface area contributed by atoms with E-state index in [0.29, 0.717) is 0 Å². The van der Waals surface area contributed by atoms with Gasteiger partial charge in [0.15, 0.2) is 0 Å². The number of amides is 2. The van der Waals surface area contributed by atoms with E-state index >= 15 is 0 Å². The van der Waals surface area contributed by atoms with Crippen molar-refractivity contribution >= 4 is 18.0 Å². The number of carboxylic acid groups (broad SMARTS) is 1. The predicted octanol–water partition coefficient (Wildman–Crippen LogP) is 4.09. The van der Waals surface area contributed by atoms with Crippen molar-refractivity contribution in [2.45, 2.75) is 38.6 Å². The minimum atomic E-state index is -0.957. The average Bonchev–Trinajstić information content (AvgIpc) is 3.11. The third-order valence-corrected chi connectivity index (χ3v) is 5.98. The van der Waals surface area contributed by atoms with Crippen LogP contribution in [0.4, 0.5) is 4.79 Å². The van der Waals surface area contributed by atoms with Gasteiger partial charge in [-0.3, -0.25) is 9.59 Å². The lowest BCUT2D eigenvalue weighted by molar-refractivity contribution is -0.147. The molecule has 0 fully saturated rings. The monoisotopic (exact) mass is 450 g/mol. The molecular weight excluding hydrogens is 420 g/mol. The van der Waals surface area contributed by atoms with Crippen molar-refractivity contribution in [1.29, 1.82) is 0 Å². The summed E-state index contributed by atoms with van der Waals surface area (Å²) in [6.45, 7) is 7.16. The smallest absolute Gasteiger partial charge is 0.407 e. The van der Waals surface area contributed by atoms with E-state index < -0.39 is 29.4 Å². The summed E-state index contributed by atoms with van der Waals surface area (Å²) >= 11 is 0. The van der Waals surface area contributed by atoms with E-state index in [2.05, 4.69) is 29.3 Å². The first kappa shape index (κ1) is 24.0. The van der Waals surface area contributed by atoms with E-state index in [1.165, 1.54) is 6.08 Å². The molecule has 1 atom stereocenters. The Bertz CT molecular complexity index is 1000. The molecule has 2 amide bonds. The second-order valence-corrected chi connectivity index (χ2v) is 8.78. The molecule has 0 bridgehead atoms. The number of carbonyl (C=O) groups is 3. The Hall–Kier alpha value is -3.61. The number of rotatable bonds is 10. The Kier molecular flexibility index (Phi) is 7.53. The van der Waals surface area contributed by atoms with Crippen molar-refractivity contribution in [3.63, 3.8) is 0 Å². The van der Waals surface area contributed by atoms with Crippen LogP contribution in [0, 0.1) is 5.41 Å². The van der Waals surface area contributed by atoms with E-state index in [0.717, 1.165) is 22.3 Å². The number of carboxylic acids is 1. The molecule has 1 unspecified atom stereocenters. The SMILES string of the molecule is C=CCC(NC(=O)OCC1c2ccccc2-c2ccccc21)C(=O)NCCC(C)(C)C(=O)O. The normalized spacial score (nSPS) is 13.4. The molecule has 1 aliphatic rings. The maximum absolute atomic E-state index is 12.5. The highest BCUT2D eigenvalue weighted by atomic mass is 16.5. The van der Waals surface area contributed by atoms with E-state index in [-0.39, 0.29) is 31.9 Å². The minimum Gasteiger partial charge on any atom is -0.481 e. The number of carbonyl (C=O) groups excluding carboxylic acids is 2. The number of alkyl carbamates (subject to hydrolysis) is 1. The quantitative estimate of drug-likeness (QED) is 0.473. The van der Waals surface area contributed by atoms with Crippen LogP contribution >= 0.6 is 0 Å². The molecule has 3 rings (SSSR count). The van der Waals surface area contributed by atoms with Crippen LogP contribution in [0.15, 0.2) is 61.2 Å². The van der Waals surface area contributed by atoms with Gasteiger partial charge < -0.3 is 20.5 Å². The first-order valence-corrected chi connectivity index (χ1v) is 11.0. The molecule has 7 nitrogen and oxygen atoms in total. The second-order valence-electron chi connectivity index (χ2n) is 8.78. The highest BCUT2D eigenvalue weighted by molar-refractivity contribution is 5.86. The lowest BCUT2D eigenvalue weighted by Gasteiger charge is -2.21. The Morgan fingerprint density at radius 3 is 2.21 bits per heavy atom. The largest absolute Gasteiger partial charge is 0.481 e. The first-order chi connectivity index (χ1) is 15.7. The second kappa shape index (κ2) is 10.3. The number of hydrogen-bond donors (Lipinski definition) is 3. The first-order valence-electron chi connectivity index (χ1n) is 11.0. The zero-order chi connectivity index (χ0) is 24.0. The fourth-order valence-electron chi connectivity index (χ4n) is 3.91. The molecule has 0 aliphatic heterocycles. The van der Waals surface area contributed by atoms with Crippen molar-refractivity contribution in [3.05, 3.63) is 72.3 Å². The topological polar surface area (TPSA) is 105 Å². The Labute approximate surface area is 193 Å². The van der Waals surface area contributed by atoms with Crippen LogP contribution in [0.5, 0.6) is 0 Å². The van der Waals surface area contributed by atoms with Gasteiger partial charge >= 0.3 is 12.1 Å². The van der Waals surface area contributed by atoms with Crippen molar-refractivity contribution in [2.24, 2.45) is 5.41 Å². The summed E-state index contributed by atoms with van der Waals surface area (Å²) in [6, 6.07) is 15.2. The number of nitrogens with one attached hydrogen (secondary N) is 2. The standard InChI is InChI=1S/C26H30N2O5/c1-4-9-22(23(29)27-15-14-26(2,3)24(30)31)28-25(32)33-16-21-19-12-7-5-10-17(19)18-11-6-8-13-20(18)21/h4-8,10-13,21-22H,1,9,14-16H2,2-3H3,(H,27,29)(H,28,32)(H,30,31). The van der Waals surface area contributed by atoms with Crippen LogP contribution in [0.25, 0.3) is 11.1 Å². The van der Waals surface area contributed by atoms with Gasteiger partial charge in [-0.05, 0) is 48.9 Å². The van der Waals surface area contributed by atoms with Gasteiger partial charge in [0, 0.05) is 12.5 Å². The molecule has 2 aromatic rings. The van der Waals surface area contributed by atoms with Gasteiger partial charge in [-0.2, -0.15) is 0 Å². The molecule has 0 radical (unpaired) electrons. The fourth-order valence-corrected chi connectivity index (χ4v) is 3.91. The summed E-state index contributed by atoms with van der Waals surface area (Å²) in [5, 5.41) is 14.5. The summed E-state index contributed by atoms with van der Waals surface area (Å²) in [6.07, 6.45) is 1.33. The van der Waals surface area contributed by atoms with Gasteiger partial charge in [-0.15, -0.1) is 6.58 Å². The van der Waals surface area contributed by atoms with Crippen molar-refractivity contribution in [3.8, 4) is 11.1 Å². The van der Waals surface area contributed by atoms with Crippen molar-refractivity contribution < 1.29 is 24.2 Å². The van der Waals surface area contributed by atoms with Crippen LogP contribution in [0.3, 0.4) is 0 Å². The average molecular weight is 451 g/mol. The summed E-state index contributed by atoms with van der Waals surface area (Å²) in [5.41, 5.74) is 3.52. The van der Waals surface area contributed by atoms with Crippen LogP contribution in [0.2, 0.25) is 0 Å². The van der Waals surface area contributed by atoms with Crippen LogP contribution in [-0.2, 0) is 14.3 Å². The highest BCUT2D eigenvalue weighted by Crippen LogP contribution is 2.44. The molecule has 0 saturated carbocycles. The van der Waals surface area contributed by atoms with E-state index in [4.69, 9.17) is 4.74 Å². The molecular formula is C26H30N2O5. The summed E-state index contributed by atoms with van der Waals surface area (Å²) in [4.78, 5) is 36.3. The molecule has 0 heterocycles. The molecule has 0 aromatic heterocycles. The van der Waals surface area contributed by atoms with Gasteiger partial charge in [-0.1, -0.05) is 54.6 Å². The van der Waals surface area contributed by atoms with Gasteiger partial charge in [0.1, 0.15) is 12.6 Å². The molecule has 1 aliphatic carbocycles. The fraction of sp³-hybridized carbons (Fsp3) is 0.346. The van der Waals surface area contributed by atoms with Gasteiger partial charge in [0.2, 0.25) is 5.91 Å². The van der Waals surface area contributed by atoms with Crippen molar-refractivity contribution in [1.82, 2.24) is 10.6 Å². The number of hydrogen-bond acceptors (Lipinski definition) is 4. The number of fused-ring (bicyclic) bond motifs is 3. The van der Waals surface area contributed by atoms with E-state index in [9.17, 15) is 19.5 Å². The molecule has 2 aromatic carbocycles.